The molecule has 0 aliphatic rings. The van der Waals surface area contributed by atoms with Gasteiger partial charge in [0.1, 0.15) is 5.52 Å². The Balaban J connectivity index is 1.57. The summed E-state index contributed by atoms with van der Waals surface area (Å²) in [5.41, 5.74) is 1.62. The fourth-order valence-corrected chi connectivity index (χ4v) is 2.75. The van der Waals surface area contributed by atoms with Gasteiger partial charge in [-0.15, -0.1) is 5.10 Å². The minimum absolute atomic E-state index is 0.100. The van der Waals surface area contributed by atoms with E-state index in [1.807, 2.05) is 13.0 Å². The maximum atomic E-state index is 12.4. The predicted molar refractivity (Wildman–Crippen MR) is 105 cm³/mol. The van der Waals surface area contributed by atoms with Crippen molar-refractivity contribution in [3.63, 3.8) is 0 Å². The van der Waals surface area contributed by atoms with Gasteiger partial charge in [0.15, 0.2) is 0 Å². The number of hydrogen-bond donors (Lipinski definition) is 2. The van der Waals surface area contributed by atoms with E-state index in [2.05, 4.69) is 20.9 Å². The first kappa shape index (κ1) is 19.2. The van der Waals surface area contributed by atoms with Crippen molar-refractivity contribution in [2.45, 2.75) is 26.4 Å². The van der Waals surface area contributed by atoms with Crippen LogP contribution >= 0.6 is 0 Å². The number of amides is 2. The molecule has 0 atom stereocenters. The third-order valence-electron chi connectivity index (χ3n) is 4.20. The third kappa shape index (κ3) is 4.59. The molecular formula is C20H21N5O3. The molecule has 0 spiro atoms. The zero-order valence-electron chi connectivity index (χ0n) is 15.5. The standard InChI is InChI=1S/C20H21N5O3/c1-2-21-19(27)15-7-5-6-14(12-15)13-22-18(26)10-11-25-20(28)16-8-3-4-9-17(16)23-24-25/h3-9,12H,2,10-11,13H2,1H3,(H,21,27)(H,22,26). The van der Waals surface area contributed by atoms with Crippen LogP contribution < -0.4 is 16.2 Å². The fourth-order valence-electron chi connectivity index (χ4n) is 2.75. The number of carbonyl (C=O) groups is 2. The Morgan fingerprint density at radius 1 is 1.07 bits per heavy atom. The molecular weight excluding hydrogens is 358 g/mol. The lowest BCUT2D eigenvalue weighted by Gasteiger charge is -2.08. The molecule has 2 N–H and O–H groups in total. The number of fused-ring (bicyclic) bond motifs is 1. The topological polar surface area (TPSA) is 106 Å². The Labute approximate surface area is 161 Å². The van der Waals surface area contributed by atoms with Crippen LogP contribution in [0.15, 0.2) is 53.3 Å². The molecule has 28 heavy (non-hydrogen) atoms. The molecule has 0 saturated carbocycles. The normalized spacial score (nSPS) is 10.6. The van der Waals surface area contributed by atoms with Crippen LogP contribution in [0.3, 0.4) is 0 Å². The maximum Gasteiger partial charge on any atom is 0.277 e. The van der Waals surface area contributed by atoms with Gasteiger partial charge in [-0.25, -0.2) is 4.68 Å². The summed E-state index contributed by atoms with van der Waals surface area (Å²) in [4.78, 5) is 36.4. The number of aromatic nitrogens is 3. The van der Waals surface area contributed by atoms with E-state index >= 15 is 0 Å². The lowest BCUT2D eigenvalue weighted by atomic mass is 10.1. The Morgan fingerprint density at radius 3 is 2.71 bits per heavy atom. The highest BCUT2D eigenvalue weighted by Gasteiger charge is 2.09. The van der Waals surface area contributed by atoms with Crippen LogP contribution in [0.4, 0.5) is 0 Å². The molecule has 0 radical (unpaired) electrons. The van der Waals surface area contributed by atoms with E-state index in [0.29, 0.717) is 29.6 Å². The molecule has 1 aromatic heterocycles. The van der Waals surface area contributed by atoms with Crippen LogP contribution in [0, 0.1) is 0 Å². The van der Waals surface area contributed by atoms with E-state index in [0.717, 1.165) is 5.56 Å². The summed E-state index contributed by atoms with van der Waals surface area (Å²) in [6.07, 6.45) is 0.100. The van der Waals surface area contributed by atoms with Crippen molar-refractivity contribution < 1.29 is 9.59 Å². The quantitative estimate of drug-likeness (QED) is 0.643. The molecule has 8 heteroatoms. The first-order chi connectivity index (χ1) is 13.6. The van der Waals surface area contributed by atoms with Crippen molar-refractivity contribution in [3.05, 3.63) is 70.0 Å². The predicted octanol–water partition coefficient (Wildman–Crippen LogP) is 1.25. The zero-order valence-corrected chi connectivity index (χ0v) is 15.5. The van der Waals surface area contributed by atoms with Crippen molar-refractivity contribution >= 4 is 22.7 Å². The van der Waals surface area contributed by atoms with E-state index in [1.54, 1.807) is 42.5 Å². The zero-order chi connectivity index (χ0) is 19.9. The second-order valence-electron chi connectivity index (χ2n) is 6.22. The number of carbonyl (C=O) groups excluding carboxylic acids is 2. The summed E-state index contributed by atoms with van der Waals surface area (Å²) in [6, 6.07) is 14.0. The van der Waals surface area contributed by atoms with Gasteiger partial charge < -0.3 is 10.6 Å². The van der Waals surface area contributed by atoms with Crippen LogP contribution in [0.25, 0.3) is 10.9 Å². The van der Waals surface area contributed by atoms with Gasteiger partial charge in [-0.1, -0.05) is 29.5 Å². The minimum Gasteiger partial charge on any atom is -0.352 e. The molecule has 0 unspecified atom stereocenters. The Hall–Kier alpha value is -3.55. The van der Waals surface area contributed by atoms with Gasteiger partial charge in [0.2, 0.25) is 5.91 Å². The lowest BCUT2D eigenvalue weighted by Crippen LogP contribution is -2.29. The van der Waals surface area contributed by atoms with Gasteiger partial charge in [-0.05, 0) is 36.8 Å². The van der Waals surface area contributed by atoms with Crippen LogP contribution in [-0.4, -0.2) is 33.4 Å². The summed E-state index contributed by atoms with van der Waals surface area (Å²) in [5.74, 6) is -0.366. The molecule has 0 saturated heterocycles. The summed E-state index contributed by atoms with van der Waals surface area (Å²) in [5, 5.41) is 13.9. The molecule has 3 rings (SSSR count). The summed E-state index contributed by atoms with van der Waals surface area (Å²) < 4.78 is 1.19. The van der Waals surface area contributed by atoms with E-state index in [4.69, 9.17) is 0 Å². The van der Waals surface area contributed by atoms with Gasteiger partial charge >= 0.3 is 0 Å². The highest BCUT2D eigenvalue weighted by Crippen LogP contribution is 2.06. The highest BCUT2D eigenvalue weighted by molar-refractivity contribution is 5.94. The first-order valence-corrected chi connectivity index (χ1v) is 9.05. The lowest BCUT2D eigenvalue weighted by molar-refractivity contribution is -0.121. The Morgan fingerprint density at radius 2 is 1.89 bits per heavy atom. The van der Waals surface area contributed by atoms with Crippen molar-refractivity contribution in [1.29, 1.82) is 0 Å². The third-order valence-corrected chi connectivity index (χ3v) is 4.20. The number of rotatable bonds is 7. The van der Waals surface area contributed by atoms with Crippen molar-refractivity contribution in [1.82, 2.24) is 25.6 Å². The number of benzene rings is 2. The molecule has 0 aliphatic heterocycles. The summed E-state index contributed by atoms with van der Waals surface area (Å²) in [6.45, 7) is 2.84. The molecule has 2 amide bonds. The molecule has 0 bridgehead atoms. The maximum absolute atomic E-state index is 12.4. The van der Waals surface area contributed by atoms with Crippen molar-refractivity contribution in [2.24, 2.45) is 0 Å². The second-order valence-corrected chi connectivity index (χ2v) is 6.22. The van der Waals surface area contributed by atoms with Gasteiger partial charge in [0, 0.05) is 25.1 Å². The van der Waals surface area contributed by atoms with Crippen LogP contribution in [0.1, 0.15) is 29.3 Å². The number of aryl methyl sites for hydroxylation is 1. The average molecular weight is 379 g/mol. The molecule has 2 aromatic carbocycles. The van der Waals surface area contributed by atoms with Crippen molar-refractivity contribution in [3.8, 4) is 0 Å². The first-order valence-electron chi connectivity index (χ1n) is 9.05. The van der Waals surface area contributed by atoms with Crippen molar-refractivity contribution in [2.75, 3.05) is 6.54 Å². The monoisotopic (exact) mass is 379 g/mol. The van der Waals surface area contributed by atoms with Gasteiger partial charge in [-0.2, -0.15) is 0 Å². The number of nitrogens with zero attached hydrogens (tertiary/aromatic N) is 3. The van der Waals surface area contributed by atoms with E-state index in [9.17, 15) is 14.4 Å². The molecule has 0 fully saturated rings. The SMILES string of the molecule is CCNC(=O)c1cccc(CNC(=O)CCn2nnc3ccccc3c2=O)c1. The van der Waals surface area contributed by atoms with Crippen LogP contribution in [-0.2, 0) is 17.9 Å². The van der Waals surface area contributed by atoms with Crippen LogP contribution in [0.5, 0.6) is 0 Å². The summed E-state index contributed by atoms with van der Waals surface area (Å²) in [7, 11) is 0. The fraction of sp³-hybridized carbons (Fsp3) is 0.250. The number of nitrogens with one attached hydrogen (secondary N) is 2. The molecule has 1 heterocycles. The Kier molecular flexibility index (Phi) is 6.11. The van der Waals surface area contributed by atoms with E-state index in [1.165, 1.54) is 4.68 Å². The molecule has 144 valence electrons. The van der Waals surface area contributed by atoms with E-state index in [-0.39, 0.29) is 30.3 Å². The smallest absolute Gasteiger partial charge is 0.277 e. The van der Waals surface area contributed by atoms with Gasteiger partial charge in [-0.3, -0.25) is 14.4 Å². The largest absolute Gasteiger partial charge is 0.352 e. The summed E-state index contributed by atoms with van der Waals surface area (Å²) >= 11 is 0. The minimum atomic E-state index is -0.270. The molecule has 0 aliphatic carbocycles. The molecule has 8 nitrogen and oxygen atoms in total. The molecule has 3 aromatic rings. The average Bonchev–Trinajstić information content (AvgIpc) is 2.72. The van der Waals surface area contributed by atoms with Gasteiger partial charge in [0.25, 0.3) is 11.5 Å². The number of hydrogen-bond acceptors (Lipinski definition) is 5. The van der Waals surface area contributed by atoms with Gasteiger partial charge in [0.05, 0.1) is 11.9 Å². The second kappa shape index (κ2) is 8.90. The van der Waals surface area contributed by atoms with E-state index < -0.39 is 0 Å². The highest BCUT2D eigenvalue weighted by atomic mass is 16.2. The Bertz CT molecular complexity index is 1060. The van der Waals surface area contributed by atoms with Crippen LogP contribution in [0.2, 0.25) is 0 Å².